The summed E-state index contributed by atoms with van der Waals surface area (Å²) in [7, 11) is 0. The van der Waals surface area contributed by atoms with E-state index < -0.39 is 0 Å². The molecular weight excluding hydrogens is 390 g/mol. The molecule has 0 spiro atoms. The number of aromatic nitrogens is 3. The van der Waals surface area contributed by atoms with E-state index in [1.165, 1.54) is 11.3 Å². The Bertz CT molecular complexity index is 1070. The number of benzene rings is 1. The molecule has 1 aromatic carbocycles. The van der Waals surface area contributed by atoms with Crippen LogP contribution in [-0.2, 0) is 4.79 Å². The Labute approximate surface area is 171 Å². The summed E-state index contributed by atoms with van der Waals surface area (Å²) in [6.45, 7) is 0.549. The number of carbonyl (C=O) groups excluding carboxylic acids is 2. The molecule has 0 radical (unpaired) electrons. The number of para-hydroxylation sites is 1. The number of nitrogens with zero attached hydrogens (tertiary/aromatic N) is 4. The molecule has 2 aromatic heterocycles. The molecule has 2 aliphatic rings. The Kier molecular flexibility index (Phi) is 4.56. The van der Waals surface area contributed by atoms with Crippen LogP contribution < -0.4 is 5.32 Å². The van der Waals surface area contributed by atoms with E-state index in [0.717, 1.165) is 31.4 Å². The number of thiazole rings is 1. The number of amides is 2. The highest BCUT2D eigenvalue weighted by atomic mass is 32.1. The van der Waals surface area contributed by atoms with Crippen molar-refractivity contribution in [2.24, 2.45) is 5.92 Å². The minimum atomic E-state index is -0.204. The van der Waals surface area contributed by atoms with Crippen molar-refractivity contribution in [3.63, 3.8) is 0 Å². The number of likely N-dealkylation sites (tertiary alicyclic amines) is 1. The molecule has 1 saturated heterocycles. The van der Waals surface area contributed by atoms with Crippen molar-refractivity contribution >= 4 is 38.6 Å². The van der Waals surface area contributed by atoms with Crippen LogP contribution in [0.3, 0.4) is 0 Å². The molecule has 0 bridgehead atoms. The predicted octanol–water partition coefficient (Wildman–Crippen LogP) is 2.43. The Morgan fingerprint density at radius 3 is 2.72 bits per heavy atom. The maximum Gasteiger partial charge on any atom is 0.276 e. The zero-order chi connectivity index (χ0) is 20.0. The zero-order valence-corrected chi connectivity index (χ0v) is 16.6. The minimum absolute atomic E-state index is 0.0200. The van der Waals surface area contributed by atoms with Crippen molar-refractivity contribution in [2.75, 3.05) is 18.5 Å². The first-order chi connectivity index (χ1) is 14.2. The van der Waals surface area contributed by atoms with Gasteiger partial charge in [0.25, 0.3) is 5.91 Å². The van der Waals surface area contributed by atoms with Crippen LogP contribution in [0.1, 0.15) is 36.2 Å². The average molecular weight is 411 g/mol. The maximum atomic E-state index is 13.3. The van der Waals surface area contributed by atoms with Crippen molar-refractivity contribution in [1.82, 2.24) is 19.7 Å². The molecule has 5 rings (SSSR count). The van der Waals surface area contributed by atoms with E-state index in [1.54, 1.807) is 9.58 Å². The molecule has 1 atom stereocenters. The van der Waals surface area contributed by atoms with Crippen molar-refractivity contribution in [3.05, 3.63) is 36.0 Å². The van der Waals surface area contributed by atoms with Crippen molar-refractivity contribution in [3.8, 4) is 5.69 Å². The number of rotatable bonds is 5. The van der Waals surface area contributed by atoms with Gasteiger partial charge in [-0.15, -0.1) is 0 Å². The maximum absolute atomic E-state index is 13.3. The number of aliphatic hydroxyl groups is 1. The number of carbonyl (C=O) groups is 2. The van der Waals surface area contributed by atoms with E-state index in [1.807, 2.05) is 30.3 Å². The minimum Gasteiger partial charge on any atom is -0.394 e. The SMILES string of the molecule is O=C(Nc1nc2c(s1)c(C(=O)N1CCC[C@@H]1CO)nn2-c1ccccc1)C1CC1. The largest absolute Gasteiger partial charge is 0.394 e. The van der Waals surface area contributed by atoms with Gasteiger partial charge in [-0.05, 0) is 37.8 Å². The number of anilines is 1. The fourth-order valence-corrected chi connectivity index (χ4v) is 4.65. The van der Waals surface area contributed by atoms with Gasteiger partial charge in [-0.2, -0.15) is 10.1 Å². The summed E-state index contributed by atoms with van der Waals surface area (Å²) in [5, 5.41) is 17.5. The molecule has 3 heterocycles. The molecule has 2 fully saturated rings. The molecule has 1 aliphatic heterocycles. The molecule has 3 aromatic rings. The molecule has 2 N–H and O–H groups in total. The molecule has 8 nitrogen and oxygen atoms in total. The van der Waals surface area contributed by atoms with Gasteiger partial charge in [0.05, 0.1) is 18.3 Å². The highest BCUT2D eigenvalue weighted by Crippen LogP contribution is 2.35. The second-order valence-electron chi connectivity index (χ2n) is 7.51. The van der Waals surface area contributed by atoms with Gasteiger partial charge >= 0.3 is 0 Å². The van der Waals surface area contributed by atoms with Gasteiger partial charge in [0.15, 0.2) is 16.5 Å². The van der Waals surface area contributed by atoms with E-state index in [0.29, 0.717) is 27.7 Å². The second kappa shape index (κ2) is 7.23. The zero-order valence-electron chi connectivity index (χ0n) is 15.7. The van der Waals surface area contributed by atoms with Gasteiger partial charge in [-0.3, -0.25) is 9.59 Å². The topological polar surface area (TPSA) is 100 Å². The summed E-state index contributed by atoms with van der Waals surface area (Å²) < 4.78 is 2.30. The normalized spacial score (nSPS) is 19.1. The number of hydrogen-bond donors (Lipinski definition) is 2. The lowest BCUT2D eigenvalue weighted by molar-refractivity contribution is -0.117. The van der Waals surface area contributed by atoms with Gasteiger partial charge in [-0.25, -0.2) is 4.68 Å². The first kappa shape index (κ1) is 18.3. The van der Waals surface area contributed by atoms with E-state index in [2.05, 4.69) is 15.4 Å². The van der Waals surface area contributed by atoms with Crippen molar-refractivity contribution in [2.45, 2.75) is 31.7 Å². The summed E-state index contributed by atoms with van der Waals surface area (Å²) in [5.41, 5.74) is 1.66. The molecule has 1 aliphatic carbocycles. The van der Waals surface area contributed by atoms with Gasteiger partial charge < -0.3 is 15.3 Å². The van der Waals surface area contributed by atoms with Gasteiger partial charge in [-0.1, -0.05) is 29.5 Å². The van der Waals surface area contributed by atoms with E-state index >= 15 is 0 Å². The molecule has 1 saturated carbocycles. The van der Waals surface area contributed by atoms with E-state index in [4.69, 9.17) is 0 Å². The Hall–Kier alpha value is -2.78. The smallest absolute Gasteiger partial charge is 0.276 e. The lowest BCUT2D eigenvalue weighted by Crippen LogP contribution is -2.37. The van der Waals surface area contributed by atoms with Crippen molar-refractivity contribution < 1.29 is 14.7 Å². The van der Waals surface area contributed by atoms with Gasteiger partial charge in [0.1, 0.15) is 4.70 Å². The molecule has 0 unspecified atom stereocenters. The Morgan fingerprint density at radius 1 is 1.21 bits per heavy atom. The highest BCUT2D eigenvalue weighted by Gasteiger charge is 2.34. The highest BCUT2D eigenvalue weighted by molar-refractivity contribution is 7.22. The second-order valence-corrected chi connectivity index (χ2v) is 8.51. The van der Waals surface area contributed by atoms with E-state index in [-0.39, 0.29) is 30.4 Å². The predicted molar refractivity (Wildman–Crippen MR) is 109 cm³/mol. The lowest BCUT2D eigenvalue weighted by Gasteiger charge is -2.21. The average Bonchev–Trinajstić information content (AvgIpc) is 3.19. The number of aliphatic hydroxyl groups excluding tert-OH is 1. The first-order valence-electron chi connectivity index (χ1n) is 9.83. The van der Waals surface area contributed by atoms with Crippen LogP contribution in [0, 0.1) is 5.92 Å². The molecular formula is C20H21N5O3S. The van der Waals surface area contributed by atoms with E-state index in [9.17, 15) is 14.7 Å². The molecule has 9 heteroatoms. The third-order valence-electron chi connectivity index (χ3n) is 5.46. The van der Waals surface area contributed by atoms with Gasteiger partial charge in [0, 0.05) is 12.5 Å². The molecule has 2 amide bonds. The number of nitrogens with one attached hydrogen (secondary N) is 1. The fraction of sp³-hybridized carbons (Fsp3) is 0.400. The third kappa shape index (κ3) is 3.30. The summed E-state index contributed by atoms with van der Waals surface area (Å²) in [5.74, 6) is -0.151. The summed E-state index contributed by atoms with van der Waals surface area (Å²) in [4.78, 5) is 31.7. The van der Waals surface area contributed by atoms with Crippen LogP contribution in [0.2, 0.25) is 0 Å². The quantitative estimate of drug-likeness (QED) is 0.672. The van der Waals surface area contributed by atoms with Crippen LogP contribution in [0.25, 0.3) is 16.0 Å². The van der Waals surface area contributed by atoms with Crippen LogP contribution in [0.5, 0.6) is 0 Å². The standard InChI is InChI=1S/C20H21N5O3S/c26-11-14-7-4-10-24(14)19(28)15-16-17(25(23-15)13-5-2-1-3-6-13)21-20(29-16)22-18(27)12-8-9-12/h1-3,5-6,12,14,26H,4,7-11H2,(H,21,22,27)/t14-/m1/s1. The fourth-order valence-electron chi connectivity index (χ4n) is 3.73. The summed E-state index contributed by atoms with van der Waals surface area (Å²) >= 11 is 1.27. The summed E-state index contributed by atoms with van der Waals surface area (Å²) in [6.07, 6.45) is 3.48. The Morgan fingerprint density at radius 2 is 2.00 bits per heavy atom. The molecule has 150 valence electrons. The Balaban J connectivity index is 1.57. The van der Waals surface area contributed by atoms with Crippen LogP contribution in [0.15, 0.2) is 30.3 Å². The number of fused-ring (bicyclic) bond motifs is 1. The van der Waals surface area contributed by atoms with Crippen molar-refractivity contribution in [1.29, 1.82) is 0 Å². The lowest BCUT2D eigenvalue weighted by atomic mass is 10.2. The third-order valence-corrected chi connectivity index (χ3v) is 6.42. The monoisotopic (exact) mass is 411 g/mol. The van der Waals surface area contributed by atoms with Crippen LogP contribution in [-0.4, -0.2) is 55.8 Å². The number of hydrogen-bond acceptors (Lipinski definition) is 6. The van der Waals surface area contributed by atoms with Gasteiger partial charge in [0.2, 0.25) is 5.91 Å². The van der Waals surface area contributed by atoms with Crippen LogP contribution >= 0.6 is 11.3 Å². The summed E-state index contributed by atoms with van der Waals surface area (Å²) in [6, 6.07) is 9.32. The van der Waals surface area contributed by atoms with Crippen LogP contribution in [0.4, 0.5) is 5.13 Å². The molecule has 29 heavy (non-hydrogen) atoms. The first-order valence-corrected chi connectivity index (χ1v) is 10.6.